The molecule has 2 atom stereocenters. The number of halogens is 3. The van der Waals surface area contributed by atoms with Crippen LogP contribution < -0.4 is 26.2 Å². The third-order valence-corrected chi connectivity index (χ3v) is 14.1. The Morgan fingerprint density at radius 3 is 2.32 bits per heavy atom. The molecule has 0 saturated carbocycles. The molecule has 3 aromatic rings. The number of aromatic nitrogens is 4. The maximum absolute atomic E-state index is 14.7. The van der Waals surface area contributed by atoms with Crippen molar-refractivity contribution >= 4 is 58.9 Å². The summed E-state index contributed by atoms with van der Waals surface area (Å²) < 4.78 is 57.4. The van der Waals surface area contributed by atoms with Gasteiger partial charge in [0.05, 0.1) is 50.0 Å². The van der Waals surface area contributed by atoms with Gasteiger partial charge in [-0.1, -0.05) is 41.0 Å². The summed E-state index contributed by atoms with van der Waals surface area (Å²) in [6.45, 7) is 12.5. The minimum absolute atomic E-state index is 0.00991. The monoisotopic (exact) mass is 1090 g/mol. The molecule has 1 aromatic carbocycles. The second kappa shape index (κ2) is 29.0. The minimum Gasteiger partial charge on any atom is -0.379 e. The van der Waals surface area contributed by atoms with Crippen LogP contribution in [0.4, 0.5) is 19.0 Å². The highest BCUT2D eigenvalue weighted by atomic mass is 32.2. The number of carbonyl (C=O) groups is 7. The molecule has 3 aliphatic rings. The first-order valence-corrected chi connectivity index (χ1v) is 27.1. The standard InChI is InChI=1S/C50H68F3N11O9S.C2H6/c1-6-45(68)63(46(69)7-2)15-10-8-9-13-41(65)58-33(4)47(70)55-24-42(66)54-23-43(67)56-31-72-16-17-74-44-21-35(49(28-73-29-49)22-40-60-57-30-61(40)5)20-39(59-44)64-27-37-36(48(64)71)18-34(19-38(37)50(51,52)53)26-62-14-11-12-32(3)25-62;1-2/h18-21,30,32-33H,6-17,22-29,31H2,1-5H3,(H,54,66)(H,55,70)(H,56,67)(H,58,65);1-2H3/t32-,33?;/m0./s1. The Morgan fingerprint density at radius 2 is 1.67 bits per heavy atom. The zero-order valence-corrected chi connectivity index (χ0v) is 45.6. The van der Waals surface area contributed by atoms with Gasteiger partial charge in [0.2, 0.25) is 35.4 Å². The number of rotatable bonds is 26. The van der Waals surface area contributed by atoms with Crippen molar-refractivity contribution in [2.24, 2.45) is 13.0 Å². The Labute approximate surface area is 446 Å². The number of alkyl halides is 3. The van der Waals surface area contributed by atoms with Gasteiger partial charge in [0.25, 0.3) is 5.91 Å². The molecule has 0 aliphatic carbocycles. The number of amides is 7. The lowest BCUT2D eigenvalue weighted by Gasteiger charge is -2.42. The molecule has 418 valence electrons. The molecule has 2 fully saturated rings. The van der Waals surface area contributed by atoms with Crippen molar-refractivity contribution in [1.82, 2.24) is 50.8 Å². The van der Waals surface area contributed by atoms with E-state index in [1.54, 1.807) is 36.9 Å². The van der Waals surface area contributed by atoms with Crippen molar-refractivity contribution in [3.63, 3.8) is 0 Å². The number of imide groups is 1. The minimum atomic E-state index is -4.69. The number of nitrogens with one attached hydrogen (secondary N) is 4. The topological polar surface area (TPSA) is 239 Å². The quantitative estimate of drug-likeness (QED) is 0.0480. The number of ether oxygens (including phenoxy) is 2. The molecule has 24 heteroatoms. The molecule has 20 nitrogen and oxygen atoms in total. The van der Waals surface area contributed by atoms with Crippen LogP contribution >= 0.6 is 11.8 Å². The van der Waals surface area contributed by atoms with Gasteiger partial charge in [-0.2, -0.15) is 13.2 Å². The number of thioether (sulfide) groups is 1. The number of hydrogen-bond donors (Lipinski definition) is 4. The van der Waals surface area contributed by atoms with Gasteiger partial charge >= 0.3 is 6.18 Å². The van der Waals surface area contributed by atoms with Crippen LogP contribution in [0.5, 0.6) is 0 Å². The number of aryl methyl sites for hydroxylation is 1. The highest BCUT2D eigenvalue weighted by Crippen LogP contribution is 2.42. The highest BCUT2D eigenvalue weighted by molar-refractivity contribution is 7.99. The van der Waals surface area contributed by atoms with Crippen LogP contribution in [-0.4, -0.2) is 142 Å². The van der Waals surface area contributed by atoms with Gasteiger partial charge < -0.3 is 35.3 Å². The normalized spacial score (nSPS) is 16.4. The molecule has 76 heavy (non-hydrogen) atoms. The molecule has 0 spiro atoms. The number of nitrogens with zero attached hydrogens (tertiary/aromatic N) is 7. The summed E-state index contributed by atoms with van der Waals surface area (Å²) in [5.41, 5.74) is -0.284. The highest BCUT2D eigenvalue weighted by Gasteiger charge is 2.44. The first-order chi connectivity index (χ1) is 36.3. The van der Waals surface area contributed by atoms with Gasteiger partial charge in [-0.05, 0) is 86.0 Å². The van der Waals surface area contributed by atoms with Gasteiger partial charge in [0.1, 0.15) is 30.7 Å². The first-order valence-electron chi connectivity index (χ1n) is 26.1. The molecule has 2 saturated heterocycles. The van der Waals surface area contributed by atoms with Crippen LogP contribution in [0, 0.1) is 5.92 Å². The number of unbranched alkanes of at least 4 members (excludes halogenated alkanes) is 2. The van der Waals surface area contributed by atoms with Crippen molar-refractivity contribution < 1.29 is 56.2 Å². The van der Waals surface area contributed by atoms with E-state index < -0.39 is 59.9 Å². The van der Waals surface area contributed by atoms with Crippen LogP contribution in [0.25, 0.3) is 0 Å². The van der Waals surface area contributed by atoms with Gasteiger partial charge in [-0.25, -0.2) is 4.98 Å². The fraction of sp³-hybridized carbons (Fsp3) is 0.615. The van der Waals surface area contributed by atoms with Gasteiger partial charge in [-0.3, -0.25) is 48.3 Å². The van der Waals surface area contributed by atoms with E-state index in [9.17, 15) is 46.7 Å². The number of likely N-dealkylation sites (tertiary alicyclic amines) is 1. The number of benzene rings is 1. The second-order valence-electron chi connectivity index (χ2n) is 19.1. The van der Waals surface area contributed by atoms with E-state index in [-0.39, 0.29) is 80.4 Å². The third-order valence-electron chi connectivity index (χ3n) is 13.3. The van der Waals surface area contributed by atoms with E-state index in [0.717, 1.165) is 31.5 Å². The summed E-state index contributed by atoms with van der Waals surface area (Å²) in [4.78, 5) is 97.6. The van der Waals surface area contributed by atoms with Crippen LogP contribution in [-0.2, 0) is 76.4 Å². The number of carbonyl (C=O) groups excluding carboxylic acids is 7. The Hall–Kier alpha value is -5.98. The molecule has 4 N–H and O–H groups in total. The summed E-state index contributed by atoms with van der Waals surface area (Å²) in [5, 5.41) is 18.7. The van der Waals surface area contributed by atoms with E-state index >= 15 is 0 Å². The van der Waals surface area contributed by atoms with Crippen molar-refractivity contribution in [2.45, 2.75) is 135 Å². The average molecular weight is 1090 g/mol. The Bertz CT molecular complexity index is 2490. The lowest BCUT2D eigenvalue weighted by Crippen LogP contribution is -2.49. The predicted octanol–water partition coefficient (Wildman–Crippen LogP) is 4.81. The predicted molar refractivity (Wildman–Crippen MR) is 278 cm³/mol. The van der Waals surface area contributed by atoms with E-state index in [2.05, 4.69) is 43.3 Å². The maximum atomic E-state index is 14.7. The summed E-state index contributed by atoms with van der Waals surface area (Å²) in [6, 6.07) is 5.46. The summed E-state index contributed by atoms with van der Waals surface area (Å²) in [6.07, 6.45) is 1.58. The Kier molecular flexibility index (Phi) is 23.2. The van der Waals surface area contributed by atoms with E-state index in [4.69, 9.17) is 14.5 Å². The van der Waals surface area contributed by atoms with Crippen LogP contribution in [0.3, 0.4) is 0 Å². The number of piperidine rings is 1. The molecular weight excluding hydrogens is 1010 g/mol. The lowest BCUT2D eigenvalue weighted by atomic mass is 9.76. The zero-order valence-electron chi connectivity index (χ0n) is 44.7. The van der Waals surface area contributed by atoms with E-state index in [1.807, 2.05) is 27.0 Å². The van der Waals surface area contributed by atoms with Gasteiger partial charge in [-0.15, -0.1) is 22.0 Å². The number of hydrogen-bond acceptors (Lipinski definition) is 14. The van der Waals surface area contributed by atoms with E-state index in [1.165, 1.54) is 34.6 Å². The maximum Gasteiger partial charge on any atom is 0.416 e. The van der Waals surface area contributed by atoms with Crippen molar-refractivity contribution in [1.29, 1.82) is 0 Å². The van der Waals surface area contributed by atoms with Gasteiger partial charge in [0.15, 0.2) is 0 Å². The van der Waals surface area contributed by atoms with Crippen molar-refractivity contribution in [3.8, 4) is 0 Å². The molecule has 7 amide bonds. The molecule has 6 rings (SSSR count). The Morgan fingerprint density at radius 1 is 0.961 bits per heavy atom. The molecule has 0 bridgehead atoms. The fourth-order valence-corrected chi connectivity index (χ4v) is 9.88. The lowest BCUT2D eigenvalue weighted by molar-refractivity contribution is -0.144. The van der Waals surface area contributed by atoms with Gasteiger partial charge in [0, 0.05) is 69.1 Å². The van der Waals surface area contributed by atoms with Crippen molar-refractivity contribution in [3.05, 3.63) is 64.2 Å². The van der Waals surface area contributed by atoms with Crippen LogP contribution in [0.15, 0.2) is 35.6 Å². The number of anilines is 1. The fourth-order valence-electron chi connectivity index (χ4n) is 9.10. The largest absolute Gasteiger partial charge is 0.416 e. The molecule has 1 unspecified atom stereocenters. The molecule has 0 radical (unpaired) electrons. The summed E-state index contributed by atoms with van der Waals surface area (Å²) >= 11 is 1.30. The third kappa shape index (κ3) is 17.0. The zero-order chi connectivity index (χ0) is 55.6. The molecule has 2 aromatic heterocycles. The average Bonchev–Trinajstić information content (AvgIpc) is 3.95. The number of pyridine rings is 1. The second-order valence-corrected chi connectivity index (χ2v) is 20.3. The summed E-state index contributed by atoms with van der Waals surface area (Å²) in [7, 11) is 1.83. The smallest absolute Gasteiger partial charge is 0.379 e. The van der Waals surface area contributed by atoms with Crippen LogP contribution in [0.2, 0.25) is 0 Å². The first kappa shape index (κ1) is 60.9. The van der Waals surface area contributed by atoms with Crippen LogP contribution in [0.1, 0.15) is 131 Å². The SMILES string of the molecule is CC.CCC(=O)N(CCCCCC(=O)NC(C)C(=O)NCC(=O)NCC(=O)NCOCCSc1cc(C2(Cc3nncn3C)COC2)cc(N2Cc3c(cc(CN4CCC[C@H](C)C4)cc3C(F)(F)F)C2=O)n1)C(=O)CC. The van der Waals surface area contributed by atoms with E-state index in [0.29, 0.717) is 73.5 Å². The van der Waals surface area contributed by atoms with Crippen molar-refractivity contribution in [2.75, 3.05) is 69.9 Å². The summed E-state index contributed by atoms with van der Waals surface area (Å²) in [5.74, 6) is -1.56. The number of fused-ring (bicyclic) bond motifs is 1. The molecule has 5 heterocycles. The molecule has 3 aliphatic heterocycles. The molecular formula is C52H74F3N11O9S. The Balaban J connectivity index is 0.00000527.